The van der Waals surface area contributed by atoms with Gasteiger partial charge in [0.15, 0.2) is 6.61 Å². The van der Waals surface area contributed by atoms with E-state index in [4.69, 9.17) is 4.74 Å². The highest BCUT2D eigenvalue weighted by atomic mass is 16.5. The number of fused-ring (bicyclic) bond motifs is 1. The Morgan fingerprint density at radius 3 is 2.70 bits per heavy atom. The lowest BCUT2D eigenvalue weighted by Crippen LogP contribution is -2.38. The van der Waals surface area contributed by atoms with Gasteiger partial charge in [0.25, 0.3) is 5.91 Å². The van der Waals surface area contributed by atoms with Crippen LogP contribution in [0.2, 0.25) is 0 Å². The van der Waals surface area contributed by atoms with Crippen LogP contribution in [0.3, 0.4) is 0 Å². The van der Waals surface area contributed by atoms with E-state index in [0.29, 0.717) is 19.0 Å². The summed E-state index contributed by atoms with van der Waals surface area (Å²) in [6, 6.07) is 8.16. The minimum absolute atomic E-state index is 0.0184. The van der Waals surface area contributed by atoms with Gasteiger partial charge in [0.2, 0.25) is 0 Å². The number of hydrogen-bond acceptors (Lipinski definition) is 3. The lowest BCUT2D eigenvalue weighted by molar-refractivity contribution is -0.153. The van der Waals surface area contributed by atoms with Crippen molar-refractivity contribution in [3.05, 3.63) is 35.4 Å². The van der Waals surface area contributed by atoms with Crippen LogP contribution in [0.5, 0.6) is 0 Å². The third-order valence-corrected chi connectivity index (χ3v) is 4.23. The van der Waals surface area contributed by atoms with Crippen molar-refractivity contribution in [2.45, 2.75) is 26.3 Å². The summed E-state index contributed by atoms with van der Waals surface area (Å²) in [6.45, 7) is 3.22. The first-order valence-corrected chi connectivity index (χ1v) is 7.16. The van der Waals surface area contributed by atoms with Crippen LogP contribution < -0.4 is 0 Å². The molecule has 4 nitrogen and oxygen atoms in total. The van der Waals surface area contributed by atoms with Gasteiger partial charge in [-0.05, 0) is 29.9 Å². The van der Waals surface area contributed by atoms with Gasteiger partial charge in [-0.25, -0.2) is 0 Å². The van der Waals surface area contributed by atoms with Crippen LogP contribution in [0, 0.1) is 11.8 Å². The lowest BCUT2D eigenvalue weighted by atomic mass is 10.00. The molecule has 20 heavy (non-hydrogen) atoms. The minimum Gasteiger partial charge on any atom is -0.455 e. The largest absolute Gasteiger partial charge is 0.455 e. The first-order chi connectivity index (χ1) is 9.65. The highest BCUT2D eigenvalue weighted by molar-refractivity contribution is 5.82. The molecule has 0 radical (unpaired) electrons. The van der Waals surface area contributed by atoms with E-state index in [1.54, 1.807) is 4.90 Å². The van der Waals surface area contributed by atoms with Gasteiger partial charge in [0, 0.05) is 13.1 Å². The molecule has 0 unspecified atom stereocenters. The third-order valence-electron chi connectivity index (χ3n) is 4.23. The van der Waals surface area contributed by atoms with E-state index in [1.807, 2.05) is 25.1 Å². The molecule has 0 bridgehead atoms. The molecule has 0 spiro atoms. The van der Waals surface area contributed by atoms with Gasteiger partial charge in [0.05, 0.1) is 5.92 Å². The zero-order valence-electron chi connectivity index (χ0n) is 11.7. The van der Waals surface area contributed by atoms with E-state index in [-0.39, 0.29) is 24.4 Å². The Hall–Kier alpha value is -1.84. The fourth-order valence-corrected chi connectivity index (χ4v) is 2.69. The average Bonchev–Trinajstić information content (AvgIpc) is 3.21. The van der Waals surface area contributed by atoms with Gasteiger partial charge < -0.3 is 9.64 Å². The number of hydrogen-bond donors (Lipinski definition) is 0. The van der Waals surface area contributed by atoms with Crippen molar-refractivity contribution in [3.8, 4) is 0 Å². The monoisotopic (exact) mass is 273 g/mol. The van der Waals surface area contributed by atoms with Crippen LogP contribution >= 0.6 is 0 Å². The number of rotatable bonds is 3. The highest BCUT2D eigenvalue weighted by Crippen LogP contribution is 2.38. The molecule has 0 N–H and O–H groups in total. The number of carbonyl (C=O) groups excluding carboxylic acids is 2. The molecule has 3 rings (SSSR count). The minimum atomic E-state index is -0.219. The molecule has 1 fully saturated rings. The maximum atomic E-state index is 12.1. The molecule has 1 heterocycles. The second kappa shape index (κ2) is 5.27. The molecular weight excluding hydrogens is 254 g/mol. The normalized spacial score (nSPS) is 23.9. The van der Waals surface area contributed by atoms with Crippen molar-refractivity contribution in [3.63, 3.8) is 0 Å². The first kappa shape index (κ1) is 13.2. The average molecular weight is 273 g/mol. The number of esters is 1. The van der Waals surface area contributed by atoms with Crippen LogP contribution in [-0.2, 0) is 27.3 Å². The summed E-state index contributed by atoms with van der Waals surface area (Å²) in [5.41, 5.74) is 2.49. The van der Waals surface area contributed by atoms with Crippen LogP contribution in [0.25, 0.3) is 0 Å². The van der Waals surface area contributed by atoms with E-state index in [1.165, 1.54) is 11.1 Å². The van der Waals surface area contributed by atoms with E-state index >= 15 is 0 Å². The number of amides is 1. The van der Waals surface area contributed by atoms with Crippen molar-refractivity contribution >= 4 is 11.9 Å². The molecule has 0 aromatic heterocycles. The third kappa shape index (κ3) is 2.69. The molecule has 2 atom stereocenters. The predicted octanol–water partition coefficient (Wildman–Crippen LogP) is 1.77. The van der Waals surface area contributed by atoms with Gasteiger partial charge in [-0.3, -0.25) is 9.59 Å². The molecule has 1 aliphatic heterocycles. The Labute approximate surface area is 118 Å². The number of nitrogens with zero attached hydrogens (tertiary/aromatic N) is 1. The first-order valence-electron chi connectivity index (χ1n) is 7.16. The van der Waals surface area contributed by atoms with E-state index in [0.717, 1.165) is 12.8 Å². The SMILES string of the molecule is C[C@H]1C[C@@H]1C(=O)OCC(=O)N1CCc2ccccc2C1. The summed E-state index contributed by atoms with van der Waals surface area (Å²) in [6.07, 6.45) is 1.76. The molecular formula is C16H19NO3. The molecule has 1 saturated carbocycles. The van der Waals surface area contributed by atoms with Crippen molar-refractivity contribution in [2.24, 2.45) is 11.8 Å². The van der Waals surface area contributed by atoms with E-state index < -0.39 is 0 Å². The molecule has 0 saturated heterocycles. The molecule has 1 amide bonds. The fraction of sp³-hybridized carbons (Fsp3) is 0.500. The lowest BCUT2D eigenvalue weighted by Gasteiger charge is -2.28. The van der Waals surface area contributed by atoms with Gasteiger partial charge in [0.1, 0.15) is 0 Å². The zero-order valence-corrected chi connectivity index (χ0v) is 11.7. The van der Waals surface area contributed by atoms with Gasteiger partial charge >= 0.3 is 5.97 Å². The van der Waals surface area contributed by atoms with Crippen molar-refractivity contribution in [1.29, 1.82) is 0 Å². The maximum absolute atomic E-state index is 12.1. The Kier molecular flexibility index (Phi) is 3.47. The van der Waals surface area contributed by atoms with Crippen LogP contribution in [0.15, 0.2) is 24.3 Å². The maximum Gasteiger partial charge on any atom is 0.309 e. The second-order valence-corrected chi connectivity index (χ2v) is 5.76. The number of benzene rings is 1. The Bertz CT molecular complexity index is 540. The van der Waals surface area contributed by atoms with Crippen molar-refractivity contribution in [2.75, 3.05) is 13.2 Å². The standard InChI is InChI=1S/C16H19NO3/c1-11-8-14(11)16(19)20-10-15(18)17-7-6-12-4-2-3-5-13(12)9-17/h2-5,11,14H,6-10H2,1H3/t11-,14-/m0/s1. The summed E-state index contributed by atoms with van der Waals surface area (Å²) >= 11 is 0. The summed E-state index contributed by atoms with van der Waals surface area (Å²) < 4.78 is 5.11. The second-order valence-electron chi connectivity index (χ2n) is 5.76. The van der Waals surface area contributed by atoms with Gasteiger partial charge in [-0.2, -0.15) is 0 Å². The summed E-state index contributed by atoms with van der Waals surface area (Å²) in [5.74, 6) is 0.119. The molecule has 4 heteroatoms. The zero-order chi connectivity index (χ0) is 14.1. The fourth-order valence-electron chi connectivity index (χ4n) is 2.69. The van der Waals surface area contributed by atoms with Gasteiger partial charge in [-0.1, -0.05) is 31.2 Å². The summed E-state index contributed by atoms with van der Waals surface area (Å²) in [5, 5.41) is 0. The summed E-state index contributed by atoms with van der Waals surface area (Å²) in [4.78, 5) is 25.5. The number of ether oxygens (including phenoxy) is 1. The van der Waals surface area contributed by atoms with Gasteiger partial charge in [-0.15, -0.1) is 0 Å². The quantitative estimate of drug-likeness (QED) is 0.789. The van der Waals surface area contributed by atoms with E-state index in [9.17, 15) is 9.59 Å². The van der Waals surface area contributed by atoms with Crippen LogP contribution in [0.4, 0.5) is 0 Å². The summed E-state index contributed by atoms with van der Waals surface area (Å²) in [7, 11) is 0. The molecule has 1 aromatic carbocycles. The van der Waals surface area contributed by atoms with Crippen molar-refractivity contribution in [1.82, 2.24) is 4.90 Å². The predicted molar refractivity (Wildman–Crippen MR) is 73.8 cm³/mol. The van der Waals surface area contributed by atoms with E-state index in [2.05, 4.69) is 6.07 Å². The molecule has 1 aromatic rings. The Balaban J connectivity index is 1.52. The van der Waals surface area contributed by atoms with Crippen molar-refractivity contribution < 1.29 is 14.3 Å². The Morgan fingerprint density at radius 1 is 1.30 bits per heavy atom. The molecule has 106 valence electrons. The molecule has 2 aliphatic rings. The molecule has 1 aliphatic carbocycles. The number of carbonyl (C=O) groups is 2. The topological polar surface area (TPSA) is 46.6 Å². The van der Waals surface area contributed by atoms with Crippen LogP contribution in [0.1, 0.15) is 24.5 Å². The Morgan fingerprint density at radius 2 is 2.00 bits per heavy atom. The van der Waals surface area contributed by atoms with Crippen LogP contribution in [-0.4, -0.2) is 29.9 Å². The smallest absolute Gasteiger partial charge is 0.309 e. The highest BCUT2D eigenvalue weighted by Gasteiger charge is 2.40.